The molecule has 3 aromatic heterocycles. The van der Waals surface area contributed by atoms with Crippen LogP contribution in [0.3, 0.4) is 0 Å². The molecule has 6 nitrogen and oxygen atoms in total. The van der Waals surface area contributed by atoms with Crippen molar-refractivity contribution in [3.63, 3.8) is 0 Å². The summed E-state index contributed by atoms with van der Waals surface area (Å²) in [7, 11) is 0. The Labute approximate surface area is 202 Å². The van der Waals surface area contributed by atoms with Gasteiger partial charge >= 0.3 is 0 Å². The molecule has 1 fully saturated rings. The lowest BCUT2D eigenvalue weighted by molar-refractivity contribution is 0.472. The molecule has 0 bridgehead atoms. The fraction of sp³-hybridized carbons (Fsp3) is 0.200. The van der Waals surface area contributed by atoms with Gasteiger partial charge in [0.1, 0.15) is 11.5 Å². The molecule has 0 radical (unpaired) electrons. The number of hydrogen-bond acceptors (Lipinski definition) is 4. The number of benzene rings is 1. The van der Waals surface area contributed by atoms with Crippen molar-refractivity contribution in [3.05, 3.63) is 100 Å². The number of rotatable bonds is 5. The molecule has 8 heteroatoms. The molecule has 168 valence electrons. The van der Waals surface area contributed by atoms with Crippen molar-refractivity contribution in [2.75, 3.05) is 4.90 Å². The molecule has 0 saturated carbocycles. The van der Waals surface area contributed by atoms with E-state index in [0.717, 1.165) is 28.4 Å². The van der Waals surface area contributed by atoms with Gasteiger partial charge in [-0.1, -0.05) is 17.7 Å². The molecule has 0 unspecified atom stereocenters. The number of hydrogen-bond donors (Lipinski definition) is 2. The van der Waals surface area contributed by atoms with Crippen LogP contribution in [0.1, 0.15) is 40.5 Å². The summed E-state index contributed by atoms with van der Waals surface area (Å²) in [5, 5.41) is 15.2. The maximum Gasteiger partial charge on any atom is 0.174 e. The number of nitrogens with zero attached hydrogens (tertiary/aromatic N) is 3. The Bertz CT molecular complexity index is 1300. The van der Waals surface area contributed by atoms with E-state index in [1.807, 2.05) is 35.2 Å². The number of furan rings is 1. The first-order valence-corrected chi connectivity index (χ1v) is 11.4. The minimum absolute atomic E-state index is 0.111. The molecule has 5 rings (SSSR count). The minimum Gasteiger partial charge on any atom is -0.506 e. The summed E-state index contributed by atoms with van der Waals surface area (Å²) in [4.78, 5) is 6.54. The first-order chi connectivity index (χ1) is 15.9. The molecule has 0 amide bonds. The maximum atomic E-state index is 10.7. The van der Waals surface area contributed by atoms with E-state index in [-0.39, 0.29) is 17.8 Å². The van der Waals surface area contributed by atoms with Crippen molar-refractivity contribution in [1.82, 2.24) is 14.9 Å². The molecule has 2 atom stereocenters. The van der Waals surface area contributed by atoms with Crippen molar-refractivity contribution in [3.8, 4) is 5.75 Å². The van der Waals surface area contributed by atoms with E-state index in [2.05, 4.69) is 34.8 Å². The van der Waals surface area contributed by atoms with Gasteiger partial charge in [0, 0.05) is 22.6 Å². The molecular weight excluding hydrogens is 456 g/mol. The summed E-state index contributed by atoms with van der Waals surface area (Å²) >= 11 is 12.1. The Morgan fingerprint density at radius 3 is 2.73 bits per heavy atom. The van der Waals surface area contributed by atoms with Gasteiger partial charge in [-0.2, -0.15) is 0 Å². The Morgan fingerprint density at radius 1 is 1.15 bits per heavy atom. The van der Waals surface area contributed by atoms with Gasteiger partial charge in [-0.15, -0.1) is 0 Å². The zero-order valence-electron chi connectivity index (χ0n) is 18.2. The molecule has 2 N–H and O–H groups in total. The molecule has 1 aliphatic rings. The van der Waals surface area contributed by atoms with Crippen LogP contribution < -0.4 is 10.2 Å². The third kappa shape index (κ3) is 3.87. The molecule has 1 saturated heterocycles. The van der Waals surface area contributed by atoms with Crippen LogP contribution in [0.4, 0.5) is 5.69 Å². The second kappa shape index (κ2) is 8.57. The van der Waals surface area contributed by atoms with Gasteiger partial charge in [0.05, 0.1) is 36.3 Å². The van der Waals surface area contributed by atoms with E-state index < -0.39 is 0 Å². The number of nitrogens with one attached hydrogen (secondary N) is 1. The third-order valence-electron chi connectivity index (χ3n) is 6.12. The quantitative estimate of drug-likeness (QED) is 0.360. The molecule has 0 spiro atoms. The SMILES string of the molecule is Cc1cc([C@@H]2[C@H](c3ccccn3)NC(=S)N2c2cc(Cl)ccc2O)c(C)n1Cc1ccco1. The molecule has 1 aromatic carbocycles. The normalized spacial score (nSPS) is 18.0. The Hall–Kier alpha value is -3.29. The summed E-state index contributed by atoms with van der Waals surface area (Å²) in [5.41, 5.74) is 4.70. The second-order valence-electron chi connectivity index (χ2n) is 8.12. The lowest BCUT2D eigenvalue weighted by atomic mass is 9.96. The molecule has 4 aromatic rings. The first kappa shape index (κ1) is 21.6. The van der Waals surface area contributed by atoms with Crippen LogP contribution in [0, 0.1) is 13.8 Å². The van der Waals surface area contributed by atoms with Crippen LogP contribution in [0.15, 0.2) is 71.5 Å². The predicted octanol–water partition coefficient (Wildman–Crippen LogP) is 5.68. The molecule has 4 heterocycles. The number of aryl methyl sites for hydroxylation is 1. The van der Waals surface area contributed by atoms with Gasteiger partial charge in [0.2, 0.25) is 0 Å². The summed E-state index contributed by atoms with van der Waals surface area (Å²) < 4.78 is 7.81. The fourth-order valence-electron chi connectivity index (χ4n) is 4.55. The highest BCUT2D eigenvalue weighted by Crippen LogP contribution is 2.46. The number of aromatic hydroxyl groups is 1. The molecule has 33 heavy (non-hydrogen) atoms. The third-order valence-corrected chi connectivity index (χ3v) is 6.67. The number of halogens is 1. The van der Waals surface area contributed by atoms with Crippen LogP contribution in [-0.4, -0.2) is 19.8 Å². The number of thiocarbonyl (C=S) groups is 1. The largest absolute Gasteiger partial charge is 0.506 e. The highest BCUT2D eigenvalue weighted by atomic mass is 35.5. The highest BCUT2D eigenvalue weighted by Gasteiger charge is 2.43. The Kier molecular flexibility index (Phi) is 5.60. The van der Waals surface area contributed by atoms with E-state index in [9.17, 15) is 5.11 Å². The van der Waals surface area contributed by atoms with Crippen molar-refractivity contribution in [2.24, 2.45) is 0 Å². The molecule has 0 aliphatic carbocycles. The topological polar surface area (TPSA) is 66.5 Å². The van der Waals surface area contributed by atoms with Crippen molar-refractivity contribution in [2.45, 2.75) is 32.5 Å². The second-order valence-corrected chi connectivity index (χ2v) is 8.94. The lowest BCUT2D eigenvalue weighted by Gasteiger charge is -2.28. The number of phenols is 1. The summed E-state index contributed by atoms with van der Waals surface area (Å²) in [6.45, 7) is 4.81. The van der Waals surface area contributed by atoms with Crippen LogP contribution in [0.25, 0.3) is 0 Å². The van der Waals surface area contributed by atoms with E-state index in [1.165, 1.54) is 0 Å². The van der Waals surface area contributed by atoms with Gasteiger partial charge in [-0.05, 0) is 80.2 Å². The number of phenolic OH excluding ortho intramolecular Hbond substituents is 1. The van der Waals surface area contributed by atoms with Gasteiger partial charge in [0.15, 0.2) is 5.11 Å². The van der Waals surface area contributed by atoms with Crippen LogP contribution in [0.5, 0.6) is 5.75 Å². The van der Waals surface area contributed by atoms with E-state index >= 15 is 0 Å². The zero-order chi connectivity index (χ0) is 23.1. The molecule has 1 aliphatic heterocycles. The van der Waals surface area contributed by atoms with E-state index in [1.54, 1.807) is 30.7 Å². The highest BCUT2D eigenvalue weighted by molar-refractivity contribution is 7.80. The summed E-state index contributed by atoms with van der Waals surface area (Å²) in [6, 6.07) is 16.4. The minimum atomic E-state index is -0.242. The van der Waals surface area contributed by atoms with E-state index in [4.69, 9.17) is 28.2 Å². The summed E-state index contributed by atoms with van der Waals surface area (Å²) in [6.07, 6.45) is 3.46. The molecular formula is C25H23ClN4O2S. The number of anilines is 1. The average Bonchev–Trinajstić information content (AvgIpc) is 3.51. The van der Waals surface area contributed by atoms with Crippen LogP contribution in [0.2, 0.25) is 5.02 Å². The lowest BCUT2D eigenvalue weighted by Crippen LogP contribution is -2.29. The van der Waals surface area contributed by atoms with Gasteiger partial charge in [-0.25, -0.2) is 0 Å². The van der Waals surface area contributed by atoms with Crippen molar-refractivity contribution in [1.29, 1.82) is 0 Å². The monoisotopic (exact) mass is 478 g/mol. The average molecular weight is 479 g/mol. The van der Waals surface area contributed by atoms with Gasteiger partial charge in [-0.3, -0.25) is 4.98 Å². The summed E-state index contributed by atoms with van der Waals surface area (Å²) in [5.74, 6) is 0.994. The predicted molar refractivity (Wildman–Crippen MR) is 133 cm³/mol. The van der Waals surface area contributed by atoms with Gasteiger partial charge < -0.3 is 24.3 Å². The van der Waals surface area contributed by atoms with Crippen LogP contribution >= 0.6 is 23.8 Å². The number of pyridine rings is 1. The van der Waals surface area contributed by atoms with E-state index in [0.29, 0.717) is 22.4 Å². The van der Waals surface area contributed by atoms with Crippen molar-refractivity contribution >= 4 is 34.6 Å². The Balaban J connectivity index is 1.66. The zero-order valence-corrected chi connectivity index (χ0v) is 19.8. The van der Waals surface area contributed by atoms with Crippen molar-refractivity contribution < 1.29 is 9.52 Å². The fourth-order valence-corrected chi connectivity index (χ4v) is 5.05. The maximum absolute atomic E-state index is 10.7. The standard InChI is InChI=1S/C25H23ClN4O2S/c1-15-12-19(16(2)29(15)14-18-6-5-11-32-18)24-23(20-7-3-4-10-27-20)28-25(33)30(24)21-13-17(26)8-9-22(21)31/h3-13,23-24,31H,14H2,1-2H3,(H,28,33)/t23-,24+/m0/s1. The van der Waals surface area contributed by atoms with Gasteiger partial charge in [0.25, 0.3) is 0 Å². The smallest absolute Gasteiger partial charge is 0.174 e. The van der Waals surface area contributed by atoms with Crippen LogP contribution in [-0.2, 0) is 6.54 Å². The Morgan fingerprint density at radius 2 is 2.00 bits per heavy atom. The number of aromatic nitrogens is 2. The first-order valence-electron chi connectivity index (χ1n) is 10.6.